The Morgan fingerprint density at radius 2 is 2.33 bits per heavy atom. The van der Waals surface area contributed by atoms with Crippen LogP contribution in [-0.4, -0.2) is 11.9 Å². The number of hydrogen-bond donors (Lipinski definition) is 2. The largest absolute Gasteiger partial charge is 0.351 e. The van der Waals surface area contributed by atoms with E-state index in [4.69, 9.17) is 5.73 Å². The van der Waals surface area contributed by atoms with Gasteiger partial charge in [-0.1, -0.05) is 6.42 Å². The second-order valence-electron chi connectivity index (χ2n) is 5.55. The van der Waals surface area contributed by atoms with Crippen molar-refractivity contribution in [3.05, 3.63) is 21.4 Å². The molecule has 1 aliphatic carbocycles. The number of nitrogens with one attached hydrogen (secondary N) is 1. The van der Waals surface area contributed by atoms with Gasteiger partial charge in [-0.2, -0.15) is 0 Å². The fourth-order valence-electron chi connectivity index (χ4n) is 2.58. The molecule has 0 bridgehead atoms. The molecule has 0 spiro atoms. The van der Waals surface area contributed by atoms with Crippen molar-refractivity contribution >= 4 is 17.2 Å². The van der Waals surface area contributed by atoms with Gasteiger partial charge in [-0.05, 0) is 45.2 Å². The first-order chi connectivity index (χ1) is 8.43. The Labute approximate surface area is 113 Å². The lowest BCUT2D eigenvalue weighted by Crippen LogP contribution is -2.47. The first kappa shape index (κ1) is 13.6. The van der Waals surface area contributed by atoms with Gasteiger partial charge in [0.25, 0.3) is 0 Å². The number of rotatable bonds is 3. The summed E-state index contributed by atoms with van der Waals surface area (Å²) in [7, 11) is 0. The van der Waals surface area contributed by atoms with E-state index in [0.717, 1.165) is 19.3 Å². The smallest absolute Gasteiger partial charge is 0.227 e. The molecule has 3 N–H and O–H groups in total. The van der Waals surface area contributed by atoms with E-state index in [1.165, 1.54) is 15.3 Å². The Morgan fingerprint density at radius 3 is 2.83 bits per heavy atom. The van der Waals surface area contributed by atoms with Gasteiger partial charge in [0.15, 0.2) is 0 Å². The van der Waals surface area contributed by atoms with Gasteiger partial charge in [0, 0.05) is 15.8 Å². The van der Waals surface area contributed by atoms with E-state index in [2.05, 4.69) is 25.2 Å². The Morgan fingerprint density at radius 1 is 1.61 bits per heavy atom. The van der Waals surface area contributed by atoms with E-state index in [0.29, 0.717) is 6.54 Å². The van der Waals surface area contributed by atoms with E-state index < -0.39 is 0 Å². The number of hydrogen-bond acceptors (Lipinski definition) is 3. The van der Waals surface area contributed by atoms with Gasteiger partial charge in [-0.25, -0.2) is 0 Å². The lowest BCUT2D eigenvalue weighted by molar-refractivity contribution is -0.130. The van der Waals surface area contributed by atoms with E-state index in [1.54, 1.807) is 11.3 Å². The molecular formula is C14H22N2OS. The molecule has 0 aromatic carbocycles. The summed E-state index contributed by atoms with van der Waals surface area (Å²) < 4.78 is 0. The summed E-state index contributed by atoms with van der Waals surface area (Å²) in [5.41, 5.74) is 6.98. The van der Waals surface area contributed by atoms with Gasteiger partial charge in [-0.15, -0.1) is 11.3 Å². The van der Waals surface area contributed by atoms with E-state index >= 15 is 0 Å². The Bertz CT molecular complexity index is 435. The predicted octanol–water partition coefficient (Wildman–Crippen LogP) is 2.50. The molecule has 1 amide bonds. The van der Waals surface area contributed by atoms with Crippen LogP contribution in [0, 0.1) is 19.3 Å². The molecule has 1 aromatic heterocycles. The highest BCUT2D eigenvalue weighted by Gasteiger charge is 2.42. The molecule has 3 nitrogen and oxygen atoms in total. The Kier molecular flexibility index (Phi) is 3.78. The van der Waals surface area contributed by atoms with Crippen LogP contribution in [0.1, 0.15) is 41.5 Å². The lowest BCUT2D eigenvalue weighted by Gasteiger charge is -2.27. The molecule has 1 aromatic rings. The number of nitrogens with two attached hydrogens (primary N) is 1. The zero-order valence-corrected chi connectivity index (χ0v) is 12.2. The van der Waals surface area contributed by atoms with Crippen LogP contribution < -0.4 is 11.1 Å². The molecule has 0 radical (unpaired) electrons. The topological polar surface area (TPSA) is 55.1 Å². The number of carbonyl (C=O) groups excluding carboxylic acids is 1. The molecule has 100 valence electrons. The molecule has 0 saturated heterocycles. The minimum atomic E-state index is -0.374. The van der Waals surface area contributed by atoms with Crippen LogP contribution in [-0.2, 0) is 11.3 Å². The normalized spacial score (nSPS) is 27.4. The predicted molar refractivity (Wildman–Crippen MR) is 75.6 cm³/mol. The van der Waals surface area contributed by atoms with Crippen molar-refractivity contribution < 1.29 is 4.79 Å². The highest BCUT2D eigenvalue weighted by Crippen LogP contribution is 2.36. The van der Waals surface area contributed by atoms with Crippen molar-refractivity contribution in [2.75, 3.05) is 0 Å². The van der Waals surface area contributed by atoms with Gasteiger partial charge >= 0.3 is 0 Å². The molecule has 1 saturated carbocycles. The van der Waals surface area contributed by atoms with Crippen molar-refractivity contribution in [1.29, 1.82) is 0 Å². The molecule has 4 heteroatoms. The highest BCUT2D eigenvalue weighted by molar-refractivity contribution is 7.12. The van der Waals surface area contributed by atoms with Crippen molar-refractivity contribution in [3.63, 3.8) is 0 Å². The first-order valence-electron chi connectivity index (χ1n) is 6.53. The highest BCUT2D eigenvalue weighted by atomic mass is 32.1. The molecule has 0 aliphatic heterocycles. The molecule has 2 unspecified atom stereocenters. The summed E-state index contributed by atoms with van der Waals surface area (Å²) in [6, 6.07) is 2.15. The Balaban J connectivity index is 1.96. The maximum Gasteiger partial charge on any atom is 0.227 e. The second kappa shape index (κ2) is 5.02. The quantitative estimate of drug-likeness (QED) is 0.883. The van der Waals surface area contributed by atoms with Crippen molar-refractivity contribution in [2.24, 2.45) is 11.1 Å². The first-order valence-corrected chi connectivity index (χ1v) is 7.35. The number of thiophene rings is 1. The molecule has 2 rings (SSSR count). The second-order valence-corrected chi connectivity index (χ2v) is 6.89. The van der Waals surface area contributed by atoms with E-state index in [-0.39, 0.29) is 17.4 Å². The van der Waals surface area contributed by atoms with Crippen LogP contribution in [0.4, 0.5) is 0 Å². The fraction of sp³-hybridized carbons (Fsp3) is 0.643. The third kappa shape index (κ3) is 2.45. The third-order valence-electron chi connectivity index (χ3n) is 4.19. The van der Waals surface area contributed by atoms with Gasteiger partial charge in [-0.3, -0.25) is 4.79 Å². The zero-order chi connectivity index (χ0) is 13.3. The maximum atomic E-state index is 12.3. The van der Waals surface area contributed by atoms with Crippen LogP contribution in [0.15, 0.2) is 6.07 Å². The van der Waals surface area contributed by atoms with Crippen molar-refractivity contribution in [1.82, 2.24) is 5.32 Å². The van der Waals surface area contributed by atoms with Crippen LogP contribution in [0.2, 0.25) is 0 Å². The van der Waals surface area contributed by atoms with E-state index in [1.807, 2.05) is 6.92 Å². The fourth-order valence-corrected chi connectivity index (χ4v) is 3.57. The summed E-state index contributed by atoms with van der Waals surface area (Å²) in [6.07, 6.45) is 2.92. The monoisotopic (exact) mass is 266 g/mol. The molecule has 1 aliphatic rings. The summed E-state index contributed by atoms with van der Waals surface area (Å²) in [5.74, 6) is 0.108. The van der Waals surface area contributed by atoms with Gasteiger partial charge in [0.05, 0.1) is 12.0 Å². The molecule has 2 atom stereocenters. The number of amides is 1. The van der Waals surface area contributed by atoms with Gasteiger partial charge in [0.1, 0.15) is 0 Å². The van der Waals surface area contributed by atoms with Crippen LogP contribution in [0.5, 0.6) is 0 Å². The minimum Gasteiger partial charge on any atom is -0.351 e. The molecule has 18 heavy (non-hydrogen) atoms. The summed E-state index contributed by atoms with van der Waals surface area (Å²) in [5, 5.41) is 3.04. The number of aryl methyl sites for hydroxylation is 2. The average molecular weight is 266 g/mol. The number of carbonyl (C=O) groups is 1. The Hall–Kier alpha value is -0.870. The zero-order valence-electron chi connectivity index (χ0n) is 11.4. The minimum absolute atomic E-state index is 0.00399. The van der Waals surface area contributed by atoms with Gasteiger partial charge < -0.3 is 11.1 Å². The third-order valence-corrected chi connectivity index (χ3v) is 5.34. The molecule has 1 fully saturated rings. The summed E-state index contributed by atoms with van der Waals surface area (Å²) in [6.45, 7) is 6.83. The SMILES string of the molecule is Cc1cc(CNC(=O)C2(C)CCCC2N)sc1C. The maximum absolute atomic E-state index is 12.3. The lowest BCUT2D eigenvalue weighted by atomic mass is 9.84. The van der Waals surface area contributed by atoms with E-state index in [9.17, 15) is 4.79 Å². The van der Waals surface area contributed by atoms with Crippen molar-refractivity contribution in [3.8, 4) is 0 Å². The molecular weight excluding hydrogens is 244 g/mol. The van der Waals surface area contributed by atoms with Crippen LogP contribution >= 0.6 is 11.3 Å². The van der Waals surface area contributed by atoms with Crippen molar-refractivity contribution in [2.45, 2.75) is 52.6 Å². The van der Waals surface area contributed by atoms with Crippen LogP contribution in [0.25, 0.3) is 0 Å². The summed E-state index contributed by atoms with van der Waals surface area (Å²) >= 11 is 1.75. The molecule has 1 heterocycles. The standard InChI is InChI=1S/C14H22N2OS/c1-9-7-11(18-10(9)2)8-16-13(17)14(3)6-4-5-12(14)15/h7,12H,4-6,8,15H2,1-3H3,(H,16,17). The van der Waals surface area contributed by atoms with Gasteiger partial charge in [0.2, 0.25) is 5.91 Å². The van der Waals surface area contributed by atoms with Crippen LogP contribution in [0.3, 0.4) is 0 Å². The average Bonchev–Trinajstić information content (AvgIpc) is 2.82. The summed E-state index contributed by atoms with van der Waals surface area (Å²) in [4.78, 5) is 14.8.